The topological polar surface area (TPSA) is 121 Å². The molecule has 2 heterocycles. The van der Waals surface area contributed by atoms with Gasteiger partial charge in [0.15, 0.2) is 5.60 Å². The lowest BCUT2D eigenvalue weighted by molar-refractivity contribution is -0.167. The molecule has 0 aromatic rings. The van der Waals surface area contributed by atoms with Gasteiger partial charge in [0.2, 0.25) is 17.3 Å². The molecule has 2 fully saturated rings. The first-order valence-electron chi connectivity index (χ1n) is 12.5. The summed E-state index contributed by atoms with van der Waals surface area (Å²) in [4.78, 5) is 50.8. The van der Waals surface area contributed by atoms with E-state index in [0.29, 0.717) is 31.4 Å². The second-order valence-electron chi connectivity index (χ2n) is 10.9. The number of carboxylic acid groups (broad SMARTS) is 1. The number of Topliss-reactive ketones (excluding diaryl/α,β-unsaturated/α-hetero) is 1. The number of carboxylic acids is 1. The average Bonchev–Trinajstić information content (AvgIpc) is 3.38. The fraction of sp³-hybridized carbons (Fsp3) is 0.630. The Morgan fingerprint density at radius 3 is 2.63 bits per heavy atom. The highest BCUT2D eigenvalue weighted by atomic mass is 16.6. The number of amides is 1. The van der Waals surface area contributed by atoms with Gasteiger partial charge < -0.3 is 19.8 Å². The van der Waals surface area contributed by atoms with E-state index in [1.807, 2.05) is 19.1 Å². The van der Waals surface area contributed by atoms with Gasteiger partial charge in [-0.2, -0.15) is 0 Å². The second kappa shape index (κ2) is 9.04. The standard InChI is InChI=1S/C27H35NO7/c1-15(6-5-7-18-10-11-28(23(18)31)14-21(29)30)12-19-13-17(3)20-9-8-16(2)22(20)27(19)24(32)26(4,34)25(33)35-27/h10,12-13,16,19-20,22,34H,5-9,11,14H2,1-4H3,(H,29,30)/b15-12+/t16-,19+,20-,22+,26?,27+/m0/s1. The molecule has 8 heteroatoms. The Morgan fingerprint density at radius 1 is 1.29 bits per heavy atom. The molecule has 1 amide bonds. The number of carbonyl (C=O) groups is 4. The summed E-state index contributed by atoms with van der Waals surface area (Å²) in [5.74, 6) is -2.99. The Kier molecular flexibility index (Phi) is 6.55. The van der Waals surface area contributed by atoms with Gasteiger partial charge in [-0.1, -0.05) is 36.3 Å². The number of nitrogens with zero attached hydrogens (tertiary/aromatic N) is 1. The molecule has 35 heavy (non-hydrogen) atoms. The maximum absolute atomic E-state index is 13.6. The van der Waals surface area contributed by atoms with Gasteiger partial charge in [-0.25, -0.2) is 4.79 Å². The minimum atomic E-state index is -2.15. The van der Waals surface area contributed by atoms with Crippen molar-refractivity contribution in [3.63, 3.8) is 0 Å². The number of esters is 1. The van der Waals surface area contributed by atoms with Crippen molar-refractivity contribution in [2.45, 2.75) is 71.0 Å². The number of ketones is 1. The number of hydrogen-bond donors (Lipinski definition) is 2. The first kappa shape index (κ1) is 25.4. The number of aliphatic carboxylic acids is 1. The summed E-state index contributed by atoms with van der Waals surface area (Å²) in [5, 5.41) is 19.6. The molecule has 2 aliphatic carbocycles. The number of aliphatic hydroxyl groups is 1. The maximum Gasteiger partial charge on any atom is 0.346 e. The first-order chi connectivity index (χ1) is 16.4. The van der Waals surface area contributed by atoms with Gasteiger partial charge in [0, 0.05) is 24.0 Å². The summed E-state index contributed by atoms with van der Waals surface area (Å²) < 4.78 is 5.87. The molecule has 1 unspecified atom stereocenters. The van der Waals surface area contributed by atoms with Crippen molar-refractivity contribution in [1.82, 2.24) is 4.90 Å². The Bertz CT molecular complexity index is 1050. The number of rotatable bonds is 7. The molecule has 4 rings (SSSR count). The molecule has 8 nitrogen and oxygen atoms in total. The maximum atomic E-state index is 13.6. The molecule has 0 aromatic carbocycles. The Hall–Kier alpha value is -2.74. The van der Waals surface area contributed by atoms with Gasteiger partial charge in [0.25, 0.3) is 0 Å². The monoisotopic (exact) mass is 485 g/mol. The number of hydrogen-bond acceptors (Lipinski definition) is 6. The van der Waals surface area contributed by atoms with Crippen LogP contribution in [0.1, 0.15) is 59.8 Å². The number of ether oxygens (including phenoxy) is 1. The Labute approximate surface area is 205 Å². The zero-order valence-electron chi connectivity index (χ0n) is 20.9. The summed E-state index contributed by atoms with van der Waals surface area (Å²) in [6, 6.07) is 0. The third-order valence-electron chi connectivity index (χ3n) is 8.38. The normalized spacial score (nSPS) is 37.0. The van der Waals surface area contributed by atoms with E-state index in [1.165, 1.54) is 17.4 Å². The van der Waals surface area contributed by atoms with Crippen molar-refractivity contribution < 1.29 is 34.1 Å². The molecule has 2 N–H and O–H groups in total. The van der Waals surface area contributed by atoms with Crippen LogP contribution in [0.25, 0.3) is 0 Å². The van der Waals surface area contributed by atoms with E-state index in [9.17, 15) is 24.3 Å². The smallest absolute Gasteiger partial charge is 0.346 e. The highest BCUT2D eigenvalue weighted by Gasteiger charge is 2.71. The third kappa shape index (κ3) is 4.15. The summed E-state index contributed by atoms with van der Waals surface area (Å²) in [7, 11) is 0. The minimum absolute atomic E-state index is 0.148. The van der Waals surface area contributed by atoms with Crippen LogP contribution >= 0.6 is 0 Å². The van der Waals surface area contributed by atoms with Crippen LogP contribution in [0.5, 0.6) is 0 Å². The lowest BCUT2D eigenvalue weighted by Gasteiger charge is -2.45. The fourth-order valence-corrected chi connectivity index (χ4v) is 6.62. The quantitative estimate of drug-likeness (QED) is 0.323. The predicted octanol–water partition coefficient (Wildman–Crippen LogP) is 2.81. The van der Waals surface area contributed by atoms with Crippen molar-refractivity contribution in [1.29, 1.82) is 0 Å². The molecule has 0 aromatic heterocycles. The van der Waals surface area contributed by atoms with Crippen LogP contribution in [-0.2, 0) is 23.9 Å². The van der Waals surface area contributed by atoms with Gasteiger partial charge >= 0.3 is 11.9 Å². The van der Waals surface area contributed by atoms with Crippen LogP contribution in [0.3, 0.4) is 0 Å². The predicted molar refractivity (Wildman–Crippen MR) is 127 cm³/mol. The Balaban J connectivity index is 1.52. The van der Waals surface area contributed by atoms with Crippen molar-refractivity contribution >= 4 is 23.6 Å². The molecule has 190 valence electrons. The van der Waals surface area contributed by atoms with Crippen LogP contribution in [0.2, 0.25) is 0 Å². The van der Waals surface area contributed by atoms with Crippen molar-refractivity contribution in [2.24, 2.45) is 23.7 Å². The fourth-order valence-electron chi connectivity index (χ4n) is 6.62. The summed E-state index contributed by atoms with van der Waals surface area (Å²) >= 11 is 0. The molecule has 0 bridgehead atoms. The van der Waals surface area contributed by atoms with E-state index < -0.39 is 34.8 Å². The van der Waals surface area contributed by atoms with Crippen molar-refractivity contribution in [3.05, 3.63) is 34.9 Å². The van der Waals surface area contributed by atoms with Crippen molar-refractivity contribution in [2.75, 3.05) is 13.1 Å². The zero-order valence-corrected chi connectivity index (χ0v) is 20.9. The first-order valence-corrected chi connectivity index (χ1v) is 12.5. The van der Waals surface area contributed by atoms with Gasteiger partial charge in [0.05, 0.1) is 0 Å². The number of carbonyl (C=O) groups excluding carboxylic acids is 3. The summed E-state index contributed by atoms with van der Waals surface area (Å²) in [6.07, 6.45) is 9.57. The van der Waals surface area contributed by atoms with Crippen LogP contribution in [-0.4, -0.2) is 63.0 Å². The zero-order chi connectivity index (χ0) is 25.7. The minimum Gasteiger partial charge on any atom is -0.480 e. The molecule has 0 radical (unpaired) electrons. The van der Waals surface area contributed by atoms with Gasteiger partial charge in [-0.3, -0.25) is 14.4 Å². The van der Waals surface area contributed by atoms with Gasteiger partial charge in [-0.15, -0.1) is 0 Å². The van der Waals surface area contributed by atoms with Crippen molar-refractivity contribution in [3.8, 4) is 0 Å². The van der Waals surface area contributed by atoms with Crippen LogP contribution in [0.4, 0.5) is 0 Å². The van der Waals surface area contributed by atoms with E-state index in [2.05, 4.69) is 13.8 Å². The largest absolute Gasteiger partial charge is 0.480 e. The van der Waals surface area contributed by atoms with Crippen LogP contribution < -0.4 is 0 Å². The molecular weight excluding hydrogens is 450 g/mol. The number of fused-ring (bicyclic) bond motifs is 2. The van der Waals surface area contributed by atoms with E-state index >= 15 is 0 Å². The summed E-state index contributed by atoms with van der Waals surface area (Å²) in [5.41, 5.74) is -0.727. The second-order valence-corrected chi connectivity index (χ2v) is 10.9. The lowest BCUT2D eigenvalue weighted by Crippen LogP contribution is -2.57. The molecule has 1 saturated heterocycles. The molecule has 4 aliphatic rings. The Morgan fingerprint density at radius 2 is 2.00 bits per heavy atom. The summed E-state index contributed by atoms with van der Waals surface area (Å²) in [6.45, 7) is 7.37. The highest BCUT2D eigenvalue weighted by Crippen LogP contribution is 2.58. The van der Waals surface area contributed by atoms with E-state index in [0.717, 1.165) is 18.4 Å². The van der Waals surface area contributed by atoms with E-state index in [1.54, 1.807) is 6.08 Å². The van der Waals surface area contributed by atoms with Gasteiger partial charge in [-0.05, 0) is 64.7 Å². The third-order valence-corrected chi connectivity index (χ3v) is 8.38. The van der Waals surface area contributed by atoms with E-state index in [4.69, 9.17) is 9.84 Å². The number of allylic oxidation sites excluding steroid dienone is 2. The molecule has 2 aliphatic heterocycles. The molecule has 6 atom stereocenters. The molecule has 1 saturated carbocycles. The molecular formula is C27H35NO7. The van der Waals surface area contributed by atoms with E-state index in [-0.39, 0.29) is 30.2 Å². The van der Waals surface area contributed by atoms with Gasteiger partial charge in [0.1, 0.15) is 6.54 Å². The SMILES string of the molecule is CC1=C[C@@H](/C=C(\C)CCCC2=CCN(CC(=O)O)C2=O)[C@@]2(OC(=O)C(C)(O)C2=O)[C@@H]2[C@@H](C)CC[C@@H]12. The average molecular weight is 486 g/mol. The van der Waals surface area contributed by atoms with Crippen LogP contribution in [0.15, 0.2) is 34.9 Å². The lowest BCUT2D eigenvalue weighted by atomic mass is 9.60. The van der Waals surface area contributed by atoms with Crippen LogP contribution in [0, 0.1) is 23.7 Å². The molecule has 1 spiro atoms. The highest BCUT2D eigenvalue weighted by molar-refractivity contribution is 6.16.